The number of nitrogens with zero attached hydrogens (tertiary/aromatic N) is 2. The predicted molar refractivity (Wildman–Crippen MR) is 58.4 cm³/mol. The second kappa shape index (κ2) is 7.00. The van der Waals surface area contributed by atoms with Crippen LogP contribution in [0.3, 0.4) is 0 Å². The minimum Gasteiger partial charge on any atom is -0.355 e. The topological polar surface area (TPSA) is 59.0 Å². The summed E-state index contributed by atoms with van der Waals surface area (Å²) in [5, 5.41) is 5.99. The molecule has 0 bridgehead atoms. The van der Waals surface area contributed by atoms with Gasteiger partial charge in [-0.25, -0.2) is 4.98 Å². The van der Waals surface area contributed by atoms with E-state index in [1.54, 1.807) is 6.20 Å². The quantitative estimate of drug-likeness (QED) is 0.623. The van der Waals surface area contributed by atoms with Gasteiger partial charge in [-0.1, -0.05) is 0 Å². The Morgan fingerprint density at radius 2 is 2.27 bits per heavy atom. The van der Waals surface area contributed by atoms with Gasteiger partial charge in [-0.05, 0) is 13.0 Å². The molecule has 2 N–H and O–H groups in total. The first-order valence-electron chi connectivity index (χ1n) is 5.20. The van der Waals surface area contributed by atoms with E-state index in [0.29, 0.717) is 6.54 Å². The summed E-state index contributed by atoms with van der Waals surface area (Å²) >= 11 is 0. The van der Waals surface area contributed by atoms with Gasteiger partial charge in [-0.3, -0.25) is 4.79 Å². The molecule has 0 atom stereocenters. The second-order valence-electron chi connectivity index (χ2n) is 3.39. The lowest BCUT2D eigenvalue weighted by molar-refractivity contribution is -0.118. The van der Waals surface area contributed by atoms with E-state index in [-0.39, 0.29) is 5.91 Å². The van der Waals surface area contributed by atoms with E-state index in [2.05, 4.69) is 20.2 Å². The van der Waals surface area contributed by atoms with Gasteiger partial charge in [0.15, 0.2) is 0 Å². The van der Waals surface area contributed by atoms with Crippen molar-refractivity contribution in [3.63, 3.8) is 0 Å². The fourth-order valence-corrected chi connectivity index (χ4v) is 1.26. The van der Waals surface area contributed by atoms with Crippen LogP contribution in [0.15, 0.2) is 18.7 Å². The fourth-order valence-electron chi connectivity index (χ4n) is 1.26. The first kappa shape index (κ1) is 11.7. The van der Waals surface area contributed by atoms with Crippen molar-refractivity contribution in [2.24, 2.45) is 0 Å². The Labute approximate surface area is 89.9 Å². The van der Waals surface area contributed by atoms with Gasteiger partial charge in [0.25, 0.3) is 0 Å². The number of carbonyl (C=O) groups is 1. The van der Waals surface area contributed by atoms with Crippen molar-refractivity contribution >= 4 is 5.91 Å². The highest BCUT2D eigenvalue weighted by atomic mass is 16.1. The summed E-state index contributed by atoms with van der Waals surface area (Å²) in [7, 11) is 0. The zero-order valence-electron chi connectivity index (χ0n) is 9.07. The lowest BCUT2D eigenvalue weighted by Gasteiger charge is -2.05. The normalized spacial score (nSPS) is 10.2. The minimum absolute atomic E-state index is 0.0233. The van der Waals surface area contributed by atoms with Gasteiger partial charge in [0.1, 0.15) is 0 Å². The molecular weight excluding hydrogens is 192 g/mol. The van der Waals surface area contributed by atoms with Crippen LogP contribution in [0.25, 0.3) is 0 Å². The van der Waals surface area contributed by atoms with E-state index in [4.69, 9.17) is 0 Å². The Kier molecular flexibility index (Phi) is 5.47. The summed E-state index contributed by atoms with van der Waals surface area (Å²) in [4.78, 5) is 14.5. The molecule has 1 aromatic rings. The summed E-state index contributed by atoms with van der Waals surface area (Å²) in [6.07, 6.45) is 6.62. The number of imidazole rings is 1. The molecule has 0 aliphatic carbocycles. The van der Waals surface area contributed by atoms with Crippen LogP contribution in [0.2, 0.25) is 0 Å². The number of hydrogen-bond donors (Lipinski definition) is 2. The Morgan fingerprint density at radius 3 is 2.93 bits per heavy atom. The molecule has 1 rings (SSSR count). The highest BCUT2D eigenvalue weighted by Gasteiger charge is 1.92. The predicted octanol–water partition coefficient (Wildman–Crippen LogP) is -0.00110. The average molecular weight is 210 g/mol. The van der Waals surface area contributed by atoms with E-state index >= 15 is 0 Å². The SMILES string of the molecule is CC(=O)NCCNCCCn1ccnc1. The lowest BCUT2D eigenvalue weighted by Crippen LogP contribution is -2.30. The van der Waals surface area contributed by atoms with Crippen LogP contribution < -0.4 is 10.6 Å². The summed E-state index contributed by atoms with van der Waals surface area (Å²) in [5.74, 6) is 0.0233. The highest BCUT2D eigenvalue weighted by molar-refractivity contribution is 5.72. The van der Waals surface area contributed by atoms with Crippen LogP contribution >= 0.6 is 0 Å². The third kappa shape index (κ3) is 5.85. The first-order chi connectivity index (χ1) is 7.29. The summed E-state index contributed by atoms with van der Waals surface area (Å²) in [5.41, 5.74) is 0. The maximum Gasteiger partial charge on any atom is 0.216 e. The molecule has 0 saturated carbocycles. The number of aryl methyl sites for hydroxylation is 1. The molecule has 15 heavy (non-hydrogen) atoms. The Balaban J connectivity index is 1.87. The molecule has 5 nitrogen and oxygen atoms in total. The molecule has 1 amide bonds. The van der Waals surface area contributed by atoms with Crippen molar-refractivity contribution in [2.75, 3.05) is 19.6 Å². The third-order valence-corrected chi connectivity index (χ3v) is 2.00. The summed E-state index contributed by atoms with van der Waals surface area (Å²) in [6.45, 7) is 4.98. The largest absolute Gasteiger partial charge is 0.355 e. The van der Waals surface area contributed by atoms with Crippen molar-refractivity contribution in [3.8, 4) is 0 Å². The third-order valence-electron chi connectivity index (χ3n) is 2.00. The van der Waals surface area contributed by atoms with Gasteiger partial charge >= 0.3 is 0 Å². The maximum absolute atomic E-state index is 10.5. The Bertz CT molecular complexity index is 271. The first-order valence-corrected chi connectivity index (χ1v) is 5.20. The van der Waals surface area contributed by atoms with Crippen LogP contribution in [0.4, 0.5) is 0 Å². The van der Waals surface area contributed by atoms with Gasteiger partial charge in [-0.2, -0.15) is 0 Å². The molecule has 0 aliphatic rings. The smallest absolute Gasteiger partial charge is 0.216 e. The second-order valence-corrected chi connectivity index (χ2v) is 3.39. The van der Waals surface area contributed by atoms with Crippen LogP contribution in [0.5, 0.6) is 0 Å². The Hall–Kier alpha value is -1.36. The van der Waals surface area contributed by atoms with Gasteiger partial charge in [0, 0.05) is 39.0 Å². The lowest BCUT2D eigenvalue weighted by atomic mass is 10.4. The van der Waals surface area contributed by atoms with Gasteiger partial charge in [0.2, 0.25) is 5.91 Å². The molecule has 0 aromatic carbocycles. The van der Waals surface area contributed by atoms with Crippen molar-refractivity contribution in [1.82, 2.24) is 20.2 Å². The van der Waals surface area contributed by atoms with E-state index in [1.807, 2.05) is 12.5 Å². The van der Waals surface area contributed by atoms with Crippen molar-refractivity contribution in [1.29, 1.82) is 0 Å². The highest BCUT2D eigenvalue weighted by Crippen LogP contribution is 1.88. The molecule has 0 spiro atoms. The van der Waals surface area contributed by atoms with E-state index in [1.165, 1.54) is 6.92 Å². The van der Waals surface area contributed by atoms with E-state index in [9.17, 15) is 4.79 Å². The van der Waals surface area contributed by atoms with Crippen molar-refractivity contribution in [3.05, 3.63) is 18.7 Å². The van der Waals surface area contributed by atoms with Crippen LogP contribution in [0, 0.1) is 0 Å². The zero-order valence-corrected chi connectivity index (χ0v) is 9.07. The van der Waals surface area contributed by atoms with Gasteiger partial charge in [-0.15, -0.1) is 0 Å². The van der Waals surface area contributed by atoms with Crippen LogP contribution in [-0.2, 0) is 11.3 Å². The summed E-state index contributed by atoms with van der Waals surface area (Å²) in [6, 6.07) is 0. The average Bonchev–Trinajstić information content (AvgIpc) is 2.68. The molecule has 5 heteroatoms. The molecular formula is C10H18N4O. The van der Waals surface area contributed by atoms with Crippen molar-refractivity contribution < 1.29 is 4.79 Å². The minimum atomic E-state index is 0.0233. The number of hydrogen-bond acceptors (Lipinski definition) is 3. The molecule has 0 radical (unpaired) electrons. The fraction of sp³-hybridized carbons (Fsp3) is 0.600. The van der Waals surface area contributed by atoms with Gasteiger partial charge < -0.3 is 15.2 Å². The van der Waals surface area contributed by atoms with Gasteiger partial charge in [0.05, 0.1) is 6.33 Å². The number of aromatic nitrogens is 2. The molecule has 0 saturated heterocycles. The number of carbonyl (C=O) groups excluding carboxylic acids is 1. The van der Waals surface area contributed by atoms with E-state index < -0.39 is 0 Å². The number of amides is 1. The molecule has 1 aromatic heterocycles. The molecule has 0 aliphatic heterocycles. The standard InChI is InChI=1S/C10H18N4O/c1-10(15)13-5-4-11-3-2-7-14-8-6-12-9-14/h6,8-9,11H,2-5,7H2,1H3,(H,13,15). The molecule has 0 unspecified atom stereocenters. The summed E-state index contributed by atoms with van der Waals surface area (Å²) < 4.78 is 2.05. The number of rotatable bonds is 7. The van der Waals surface area contributed by atoms with Crippen LogP contribution in [-0.4, -0.2) is 35.1 Å². The number of nitrogens with one attached hydrogen (secondary N) is 2. The van der Waals surface area contributed by atoms with Crippen LogP contribution in [0.1, 0.15) is 13.3 Å². The molecule has 1 heterocycles. The van der Waals surface area contributed by atoms with Crippen molar-refractivity contribution in [2.45, 2.75) is 19.9 Å². The zero-order chi connectivity index (χ0) is 10.9. The monoisotopic (exact) mass is 210 g/mol. The Morgan fingerprint density at radius 1 is 1.40 bits per heavy atom. The van der Waals surface area contributed by atoms with E-state index in [0.717, 1.165) is 26.1 Å². The molecule has 0 fully saturated rings. The molecule has 84 valence electrons. The maximum atomic E-state index is 10.5.